The molecule has 21 heavy (non-hydrogen) atoms. The average Bonchev–Trinajstić information content (AvgIpc) is 3.20. The van der Waals surface area contributed by atoms with Crippen molar-refractivity contribution in [3.05, 3.63) is 0 Å². The molecule has 1 aliphatic rings. The quantitative estimate of drug-likeness (QED) is 0.237. The fraction of sp³-hybridized carbons (Fsp3) is 0.867. The van der Waals surface area contributed by atoms with E-state index in [0.717, 1.165) is 31.8 Å². The standard InChI is InChI=1S/C15H30N4O.HI/c1-4-6-7-8-12(3)18-15(16-5-2)17-11-14(20)19-13-9-10-13;/h12-13H,4-11H2,1-3H3,(H,19,20)(H2,16,17,18);1H. The summed E-state index contributed by atoms with van der Waals surface area (Å²) in [6.45, 7) is 7.41. The summed E-state index contributed by atoms with van der Waals surface area (Å²) in [6.07, 6.45) is 7.09. The third kappa shape index (κ3) is 10.8. The monoisotopic (exact) mass is 410 g/mol. The van der Waals surface area contributed by atoms with Crippen molar-refractivity contribution in [1.29, 1.82) is 0 Å². The van der Waals surface area contributed by atoms with Gasteiger partial charge in [-0.2, -0.15) is 0 Å². The molecule has 0 saturated heterocycles. The molecule has 0 aromatic rings. The van der Waals surface area contributed by atoms with Gasteiger partial charge in [0.2, 0.25) is 5.91 Å². The lowest BCUT2D eigenvalue weighted by atomic mass is 10.1. The van der Waals surface area contributed by atoms with Gasteiger partial charge in [0.1, 0.15) is 6.54 Å². The van der Waals surface area contributed by atoms with Crippen LogP contribution < -0.4 is 16.0 Å². The zero-order valence-electron chi connectivity index (χ0n) is 13.6. The number of unbranched alkanes of at least 4 members (excludes halogenated alkanes) is 2. The van der Waals surface area contributed by atoms with E-state index in [-0.39, 0.29) is 36.4 Å². The summed E-state index contributed by atoms with van der Waals surface area (Å²) >= 11 is 0. The average molecular weight is 410 g/mol. The molecule has 0 radical (unpaired) electrons. The van der Waals surface area contributed by atoms with Crippen LogP contribution in [0.15, 0.2) is 4.99 Å². The number of guanidine groups is 1. The molecule has 0 aromatic carbocycles. The highest BCUT2D eigenvalue weighted by molar-refractivity contribution is 14.0. The Morgan fingerprint density at radius 1 is 1.29 bits per heavy atom. The van der Waals surface area contributed by atoms with Crippen LogP contribution in [-0.4, -0.2) is 37.0 Å². The first-order chi connectivity index (χ1) is 9.65. The van der Waals surface area contributed by atoms with Crippen LogP contribution in [0.1, 0.15) is 59.3 Å². The van der Waals surface area contributed by atoms with Crippen molar-refractivity contribution < 1.29 is 4.79 Å². The lowest BCUT2D eigenvalue weighted by molar-refractivity contribution is -0.119. The van der Waals surface area contributed by atoms with E-state index in [1.807, 2.05) is 6.92 Å². The second-order valence-electron chi connectivity index (χ2n) is 5.58. The van der Waals surface area contributed by atoms with Crippen LogP contribution in [0.5, 0.6) is 0 Å². The van der Waals surface area contributed by atoms with Crippen molar-refractivity contribution in [2.45, 2.75) is 71.4 Å². The fourth-order valence-corrected chi connectivity index (χ4v) is 1.98. The van der Waals surface area contributed by atoms with Crippen LogP contribution in [0.25, 0.3) is 0 Å². The van der Waals surface area contributed by atoms with Crippen molar-refractivity contribution >= 4 is 35.8 Å². The van der Waals surface area contributed by atoms with Crippen LogP contribution in [-0.2, 0) is 4.79 Å². The van der Waals surface area contributed by atoms with Gasteiger partial charge in [-0.3, -0.25) is 4.79 Å². The Morgan fingerprint density at radius 3 is 2.57 bits per heavy atom. The van der Waals surface area contributed by atoms with Crippen LogP contribution >= 0.6 is 24.0 Å². The second-order valence-corrected chi connectivity index (χ2v) is 5.58. The van der Waals surface area contributed by atoms with E-state index in [9.17, 15) is 4.79 Å². The minimum Gasteiger partial charge on any atom is -0.357 e. The molecule has 0 heterocycles. The lowest BCUT2D eigenvalue weighted by Gasteiger charge is -2.17. The number of amides is 1. The molecule has 1 rings (SSSR count). The summed E-state index contributed by atoms with van der Waals surface area (Å²) in [6, 6.07) is 0.784. The highest BCUT2D eigenvalue weighted by Crippen LogP contribution is 2.18. The molecule has 124 valence electrons. The van der Waals surface area contributed by atoms with Crippen molar-refractivity contribution in [2.75, 3.05) is 13.1 Å². The number of hydrogen-bond acceptors (Lipinski definition) is 2. The maximum atomic E-state index is 11.6. The molecule has 6 heteroatoms. The van der Waals surface area contributed by atoms with Gasteiger partial charge in [-0.25, -0.2) is 4.99 Å². The molecular formula is C15H31IN4O. The Kier molecular flexibility index (Phi) is 11.8. The van der Waals surface area contributed by atoms with Gasteiger partial charge < -0.3 is 16.0 Å². The summed E-state index contributed by atoms with van der Waals surface area (Å²) < 4.78 is 0. The maximum Gasteiger partial charge on any atom is 0.242 e. The van der Waals surface area contributed by atoms with E-state index in [1.54, 1.807) is 0 Å². The number of halogens is 1. The highest BCUT2D eigenvalue weighted by Gasteiger charge is 2.22. The van der Waals surface area contributed by atoms with Crippen LogP contribution in [0.3, 0.4) is 0 Å². The number of nitrogens with one attached hydrogen (secondary N) is 3. The number of hydrogen-bond donors (Lipinski definition) is 3. The fourth-order valence-electron chi connectivity index (χ4n) is 1.98. The van der Waals surface area contributed by atoms with Gasteiger partial charge in [0, 0.05) is 18.6 Å². The number of carbonyl (C=O) groups excluding carboxylic acids is 1. The van der Waals surface area contributed by atoms with Crippen molar-refractivity contribution in [3.8, 4) is 0 Å². The van der Waals surface area contributed by atoms with Crippen molar-refractivity contribution in [3.63, 3.8) is 0 Å². The molecule has 3 N–H and O–H groups in total. The Morgan fingerprint density at radius 2 is 2.00 bits per heavy atom. The van der Waals surface area contributed by atoms with Crippen molar-refractivity contribution in [1.82, 2.24) is 16.0 Å². The number of carbonyl (C=O) groups is 1. The number of rotatable bonds is 9. The summed E-state index contributed by atoms with van der Waals surface area (Å²) in [5.41, 5.74) is 0. The van der Waals surface area contributed by atoms with Gasteiger partial charge in [0.15, 0.2) is 5.96 Å². The molecule has 0 aliphatic heterocycles. The largest absolute Gasteiger partial charge is 0.357 e. The summed E-state index contributed by atoms with van der Waals surface area (Å²) in [5.74, 6) is 0.755. The Hall–Kier alpha value is -0.530. The predicted octanol–water partition coefficient (Wildman–Crippen LogP) is 2.41. The van der Waals surface area contributed by atoms with E-state index >= 15 is 0 Å². The van der Waals surface area contributed by atoms with Gasteiger partial charge in [-0.1, -0.05) is 26.2 Å². The van der Waals surface area contributed by atoms with Gasteiger partial charge in [0.05, 0.1) is 0 Å². The van der Waals surface area contributed by atoms with E-state index in [1.165, 1.54) is 19.3 Å². The molecule has 1 saturated carbocycles. The first kappa shape index (κ1) is 20.5. The molecule has 0 aromatic heterocycles. The molecular weight excluding hydrogens is 379 g/mol. The third-order valence-corrected chi connectivity index (χ3v) is 3.29. The molecule has 1 amide bonds. The normalized spacial score (nSPS) is 15.9. The van der Waals surface area contributed by atoms with E-state index in [0.29, 0.717) is 12.1 Å². The summed E-state index contributed by atoms with van der Waals surface area (Å²) in [4.78, 5) is 16.0. The maximum absolute atomic E-state index is 11.6. The molecule has 0 bridgehead atoms. The van der Waals surface area contributed by atoms with E-state index < -0.39 is 0 Å². The highest BCUT2D eigenvalue weighted by atomic mass is 127. The first-order valence-corrected chi connectivity index (χ1v) is 7.99. The smallest absolute Gasteiger partial charge is 0.242 e. The zero-order valence-corrected chi connectivity index (χ0v) is 15.9. The van der Waals surface area contributed by atoms with E-state index in [4.69, 9.17) is 0 Å². The molecule has 1 fully saturated rings. The van der Waals surface area contributed by atoms with Gasteiger partial charge in [-0.05, 0) is 33.1 Å². The molecule has 1 aliphatic carbocycles. The molecule has 1 atom stereocenters. The summed E-state index contributed by atoms with van der Waals surface area (Å²) in [7, 11) is 0. The first-order valence-electron chi connectivity index (χ1n) is 7.99. The molecule has 5 nitrogen and oxygen atoms in total. The SMILES string of the molecule is CCCCCC(C)NC(=NCC(=O)NC1CC1)NCC.I. The van der Waals surface area contributed by atoms with Gasteiger partial charge in [0.25, 0.3) is 0 Å². The van der Waals surface area contributed by atoms with Gasteiger partial charge >= 0.3 is 0 Å². The Balaban J connectivity index is 0.00000400. The zero-order chi connectivity index (χ0) is 14.8. The number of nitrogens with zero attached hydrogens (tertiary/aromatic N) is 1. The lowest BCUT2D eigenvalue weighted by Crippen LogP contribution is -2.43. The summed E-state index contributed by atoms with van der Waals surface area (Å²) in [5, 5.41) is 9.49. The van der Waals surface area contributed by atoms with E-state index in [2.05, 4.69) is 34.8 Å². The molecule has 1 unspecified atom stereocenters. The van der Waals surface area contributed by atoms with Crippen LogP contribution in [0, 0.1) is 0 Å². The number of aliphatic imine (C=N–C) groups is 1. The van der Waals surface area contributed by atoms with Crippen LogP contribution in [0.2, 0.25) is 0 Å². The minimum absolute atomic E-state index is 0. The van der Waals surface area contributed by atoms with Crippen molar-refractivity contribution in [2.24, 2.45) is 4.99 Å². The topological polar surface area (TPSA) is 65.5 Å². The molecule has 0 spiro atoms. The Bertz CT molecular complexity index is 319. The predicted molar refractivity (Wildman–Crippen MR) is 99.3 cm³/mol. The van der Waals surface area contributed by atoms with Gasteiger partial charge in [-0.15, -0.1) is 24.0 Å². The third-order valence-electron chi connectivity index (χ3n) is 3.29. The van der Waals surface area contributed by atoms with Crippen LogP contribution in [0.4, 0.5) is 0 Å². The minimum atomic E-state index is 0. The second kappa shape index (κ2) is 12.1. The Labute approximate surface area is 146 Å².